The topological polar surface area (TPSA) is 400 Å². The van der Waals surface area contributed by atoms with Gasteiger partial charge in [0.1, 0.15) is 73.3 Å². The number of nitriles is 2. The van der Waals surface area contributed by atoms with Gasteiger partial charge in [-0.25, -0.2) is 19.7 Å². The molecule has 118 heavy (non-hydrogen) atoms. The number of halogens is 8. The van der Waals surface area contributed by atoms with E-state index in [0.717, 1.165) is 58.7 Å². The summed E-state index contributed by atoms with van der Waals surface area (Å²) in [6.45, 7) is 22.4. The van der Waals surface area contributed by atoms with Crippen molar-refractivity contribution in [1.82, 2.24) is 19.9 Å². The molecule has 0 aliphatic carbocycles. The molecule has 30 nitrogen and oxygen atoms in total. The zero-order valence-corrected chi connectivity index (χ0v) is 80.1. The second kappa shape index (κ2) is 60.2. The van der Waals surface area contributed by atoms with E-state index in [9.17, 15) is 15.2 Å². The minimum absolute atomic E-state index is 0. The van der Waals surface area contributed by atoms with Gasteiger partial charge in [-0.05, 0) is 141 Å². The van der Waals surface area contributed by atoms with E-state index in [1.165, 1.54) is 12.1 Å². The number of aromatic hydroxyl groups is 2. The van der Waals surface area contributed by atoms with Crippen LogP contribution in [0, 0.1) is 42.7 Å². The van der Waals surface area contributed by atoms with E-state index in [2.05, 4.69) is 127 Å². The molecular formula is C78H75Br5Cl3K2N9O21. The van der Waals surface area contributed by atoms with Crippen molar-refractivity contribution in [3.05, 3.63) is 245 Å². The van der Waals surface area contributed by atoms with Gasteiger partial charge in [0.2, 0.25) is 29.0 Å². The molecular weight excluding hydrogens is 1980 g/mol. The Bertz CT molecular complexity index is 4800. The molecule has 0 atom stereocenters. The first-order valence-electron chi connectivity index (χ1n) is 34.1. The Morgan fingerprint density at radius 3 is 1.29 bits per heavy atom. The number of likely N-dealkylation sites (N-methyl/N-ethyl adjacent to an activating group) is 1. The fourth-order valence-electron chi connectivity index (χ4n) is 9.09. The number of ether oxygens (including phenoxy) is 11. The fourth-order valence-corrected chi connectivity index (χ4v) is 11.7. The number of benzene rings is 5. The van der Waals surface area contributed by atoms with Gasteiger partial charge >= 0.3 is 103 Å². The van der Waals surface area contributed by atoms with Crippen LogP contribution in [0.4, 0.5) is 17.2 Å². The minimum Gasteiger partial charge on any atom is -1.00 e. The number of anilines is 1. The number of hydrogen-bond acceptors (Lipinski definition) is 28. The summed E-state index contributed by atoms with van der Waals surface area (Å²) in [6.07, 6.45) is 1.10. The van der Waals surface area contributed by atoms with Crippen LogP contribution in [0.2, 0.25) is 15.5 Å². The monoisotopic (exact) mass is 2050 g/mol. The Balaban J connectivity index is 0.000000479. The molecule has 5 aromatic carbocycles. The Morgan fingerprint density at radius 2 is 0.924 bits per heavy atom. The molecule has 4 saturated heterocycles. The summed E-state index contributed by atoms with van der Waals surface area (Å²) in [5.74, 6) is 3.23. The smallest absolute Gasteiger partial charge is 1.00 e. The predicted molar refractivity (Wildman–Crippen MR) is 442 cm³/mol. The minimum atomic E-state index is -0.446. The number of phenols is 2. The van der Waals surface area contributed by atoms with Gasteiger partial charge in [0.05, 0.1) is 85.8 Å². The summed E-state index contributed by atoms with van der Waals surface area (Å²) in [5.41, 5.74) is 5.92. The fraction of sp³-hybridized carbons (Fsp3) is 0.282. The van der Waals surface area contributed by atoms with E-state index in [1.807, 2.05) is 37.3 Å². The molecule has 0 spiro atoms. The number of aliphatic hydroxyl groups is 4. The Labute approximate surface area is 824 Å². The third-order valence-corrected chi connectivity index (χ3v) is 18.9. The number of nitrogens with zero attached hydrogens (tertiary/aromatic N) is 9. The molecule has 40 heteroatoms. The second-order valence-corrected chi connectivity index (χ2v) is 28.1. The van der Waals surface area contributed by atoms with E-state index < -0.39 is 18.9 Å². The van der Waals surface area contributed by atoms with Crippen LogP contribution in [0.15, 0.2) is 162 Å². The van der Waals surface area contributed by atoms with Gasteiger partial charge in [-0.1, -0.05) is 140 Å². The maximum absolute atomic E-state index is 10.2. The molecule has 616 valence electrons. The number of phenolic OH excluding ortho intramolecular Hbond substituents is 2. The van der Waals surface area contributed by atoms with Crippen LogP contribution in [0.1, 0.15) is 95.8 Å². The number of aryl methyl sites for hydroxylation is 1. The van der Waals surface area contributed by atoms with Crippen LogP contribution in [-0.2, 0) is 47.6 Å². The molecule has 0 radical (unpaired) electrons. The summed E-state index contributed by atoms with van der Waals surface area (Å²) in [5, 5.41) is 78.1. The first kappa shape index (κ1) is 107. The zero-order valence-electron chi connectivity index (χ0n) is 64.7. The normalized spacial score (nSPS) is 12.9. The molecule has 13 rings (SSSR count). The van der Waals surface area contributed by atoms with Gasteiger partial charge in [0.25, 0.3) is 6.47 Å². The van der Waals surface area contributed by atoms with Gasteiger partial charge in [-0.2, -0.15) is 15.5 Å². The van der Waals surface area contributed by atoms with Crippen molar-refractivity contribution in [2.24, 2.45) is 0 Å². The molecule has 4 aliphatic heterocycles. The largest absolute Gasteiger partial charge is 1.00 e. The van der Waals surface area contributed by atoms with Crippen molar-refractivity contribution in [2.75, 3.05) is 97.8 Å². The number of aromatic nitrogens is 4. The van der Waals surface area contributed by atoms with Crippen LogP contribution in [0.3, 0.4) is 0 Å². The SMILES string of the molecule is CCCCO.CN(CCO)c1ccc(C#N)c(Oc2ccc(Br)c(C3OCCO3)c2)n1.N#Cc1ccc(Cl)nc1Oc1ccc(Br)c(C2OCCO2)c1.O=CO[O-].O=Cc1cc(O)ccc1Br.OCCO.Oc1ccc(Br)c(C2OCCO2)c1.[C-]#[N+]c1ccc(C)nc1Cl.[C-]#[N+]c1ccc(Oc2ccc(Br)c(C3OCCO3)c2)nc1Cl.[H-].[K+].[K+]. The van der Waals surface area contributed by atoms with Gasteiger partial charge in [0, 0.05) is 76.1 Å². The number of carbonyl (C=O) groups is 2. The van der Waals surface area contributed by atoms with E-state index in [1.54, 1.807) is 115 Å². The van der Waals surface area contributed by atoms with Gasteiger partial charge < -0.3 is 99.2 Å². The standard InChI is InChI=1S/C18H18BrN3O4.2C15H10BrClN2O3.C9H9BrO3.C7H5BrO2.C7H5ClN2.C4H10O.C2H6O2.CH2O3.2K.H/c1-22(6-7-23)16-5-2-12(11-20)17(21-16)26-13-3-4-15(19)14(10-13)18-24-8-9-25-18;1-18-12-4-5-13(19-14(12)17)22-9-2-3-11(16)10(8-9)15-20-6-7-21-15;16-12-3-2-10(7-11(12)15-20-5-6-21-15)22-14-9(8-18)1-4-13(17)19-14;10-8-2-1-6(11)5-7(8)9-12-3-4-13-9;8-7-2-1-6(10)3-5(7)4-9;1-5-3-4-6(9-2)7(8)10-5;1-2-3-4-5;3-1-2-4;2-1-4-3;;;/h2-5,10,18,23H,6-9H2,1H3;2-5,8,15H,6-7H2;1-4,7,15H,5-6H2;1-2,5,9,11H,3-4H2;1-4,10H;3-4H,1H3;5H,2-4H2,1H3;3-4H,1-2H2;1,3H;;;/q;;;;;;;;;2*+1;-1/p-1. The number of aldehydes is 1. The van der Waals surface area contributed by atoms with Gasteiger partial charge in [-0.15, -0.1) is 0 Å². The third-order valence-electron chi connectivity index (χ3n) is 14.5. The molecule has 0 saturated carbocycles. The van der Waals surface area contributed by atoms with Crippen molar-refractivity contribution in [3.8, 4) is 58.5 Å². The summed E-state index contributed by atoms with van der Waals surface area (Å²) in [7, 11) is 1.81. The Kier molecular flexibility index (Phi) is 54.5. The number of aliphatic hydroxyl groups excluding tert-OH is 4. The van der Waals surface area contributed by atoms with E-state index in [0.29, 0.717) is 134 Å². The van der Waals surface area contributed by atoms with Crippen LogP contribution in [0.5, 0.6) is 46.4 Å². The van der Waals surface area contributed by atoms with E-state index in [4.69, 9.17) is 141 Å². The van der Waals surface area contributed by atoms with Crippen molar-refractivity contribution in [1.29, 1.82) is 10.5 Å². The molecule has 0 amide bonds. The van der Waals surface area contributed by atoms with Gasteiger partial charge in [0.15, 0.2) is 31.4 Å². The molecule has 4 aliphatic rings. The average Bonchev–Trinajstić information content (AvgIpc) is 1.73. The first-order chi connectivity index (χ1) is 55.9. The zero-order chi connectivity index (χ0) is 84.9. The maximum Gasteiger partial charge on any atom is 1.00 e. The quantitative estimate of drug-likeness (QED) is 0.0116. The van der Waals surface area contributed by atoms with Crippen molar-refractivity contribution >= 4 is 144 Å². The van der Waals surface area contributed by atoms with Crippen molar-refractivity contribution in [2.45, 2.75) is 51.8 Å². The van der Waals surface area contributed by atoms with Gasteiger partial charge in [-0.3, -0.25) is 14.6 Å². The van der Waals surface area contributed by atoms with Crippen LogP contribution < -0.4 is 127 Å². The summed E-state index contributed by atoms with van der Waals surface area (Å²) >= 11 is 34.3. The Morgan fingerprint density at radius 1 is 0.534 bits per heavy atom. The molecule has 8 heterocycles. The van der Waals surface area contributed by atoms with Crippen molar-refractivity contribution in [3.63, 3.8) is 0 Å². The van der Waals surface area contributed by atoms with Crippen LogP contribution in [-0.4, -0.2) is 156 Å². The maximum atomic E-state index is 10.2. The summed E-state index contributed by atoms with van der Waals surface area (Å²) in [6, 6.07) is 43.0. The molecule has 6 N–H and O–H groups in total. The average molecular weight is 2060 g/mol. The summed E-state index contributed by atoms with van der Waals surface area (Å²) < 4.78 is 65.1. The predicted octanol–water partition coefficient (Wildman–Crippen LogP) is 11.1. The number of hydrogen-bond donors (Lipinski definition) is 6. The Hall–Kier alpha value is -5.38. The van der Waals surface area contributed by atoms with Crippen molar-refractivity contribution < 1.29 is 207 Å². The first-order valence-corrected chi connectivity index (χ1v) is 39.2. The molecule has 9 aromatic rings. The van der Waals surface area contributed by atoms with Crippen LogP contribution in [0.25, 0.3) is 9.69 Å². The number of unbranched alkanes of at least 4 members (excludes halogenated alkanes) is 1. The van der Waals surface area contributed by atoms with E-state index >= 15 is 0 Å². The van der Waals surface area contributed by atoms with E-state index in [-0.39, 0.29) is 175 Å². The summed E-state index contributed by atoms with van der Waals surface area (Å²) in [4.78, 5) is 46.1. The van der Waals surface area contributed by atoms with Crippen LogP contribution >= 0.6 is 114 Å². The third kappa shape index (κ3) is 37.4. The molecule has 4 fully saturated rings. The number of rotatable bonds is 18. The number of pyridine rings is 4. The second-order valence-electron chi connectivity index (χ2n) is 22.7. The molecule has 0 unspecified atom stereocenters. The number of carbonyl (C=O) groups excluding carboxylic acids is 2. The molecule has 4 aromatic heterocycles. The molecule has 0 bridgehead atoms.